The van der Waals surface area contributed by atoms with Gasteiger partial charge in [0, 0.05) is 28.4 Å². The molecule has 1 aromatic heterocycles. The molecule has 0 spiro atoms. The Hall–Kier alpha value is -2.49. The molecule has 0 saturated carbocycles. The molecule has 0 aliphatic rings. The van der Waals surface area contributed by atoms with Crippen LogP contribution in [0.1, 0.15) is 36.8 Å². The molecule has 0 fully saturated rings. The minimum atomic E-state index is -0.336. The number of carbonyl (C=O) groups excluding carboxylic acids is 1. The Morgan fingerprint density at radius 2 is 1.88 bits per heavy atom. The number of hydrogen-bond donors (Lipinski definition) is 1. The Balaban J connectivity index is 2.45. The molecule has 4 heteroatoms. The van der Waals surface area contributed by atoms with Gasteiger partial charge in [0.25, 0.3) is 0 Å². The SMILES string of the molecule is CCOC(=O)c1c(C)n(CC(C)C)c2c1cc(O)c1ccccc12. The number of phenols is 1. The number of carbonyl (C=O) groups is 1. The first kappa shape index (κ1) is 16.4. The van der Waals surface area contributed by atoms with E-state index in [-0.39, 0.29) is 11.7 Å². The van der Waals surface area contributed by atoms with E-state index < -0.39 is 0 Å². The van der Waals surface area contributed by atoms with E-state index in [1.807, 2.05) is 31.2 Å². The second-order valence-electron chi connectivity index (χ2n) is 6.52. The van der Waals surface area contributed by atoms with E-state index in [2.05, 4.69) is 18.4 Å². The number of fused-ring (bicyclic) bond motifs is 3. The predicted octanol–water partition coefficient (Wildman–Crippen LogP) is 4.64. The molecule has 4 nitrogen and oxygen atoms in total. The summed E-state index contributed by atoms with van der Waals surface area (Å²) in [5.41, 5.74) is 2.42. The van der Waals surface area contributed by atoms with Crippen LogP contribution in [0.4, 0.5) is 0 Å². The van der Waals surface area contributed by atoms with Crippen LogP contribution in [0.25, 0.3) is 21.7 Å². The molecule has 0 radical (unpaired) electrons. The molecule has 0 aliphatic heterocycles. The van der Waals surface area contributed by atoms with E-state index in [9.17, 15) is 9.90 Å². The fourth-order valence-corrected chi connectivity index (χ4v) is 3.37. The Morgan fingerprint density at radius 1 is 1.21 bits per heavy atom. The van der Waals surface area contributed by atoms with Gasteiger partial charge in [-0.25, -0.2) is 4.79 Å². The fourth-order valence-electron chi connectivity index (χ4n) is 3.37. The molecule has 24 heavy (non-hydrogen) atoms. The number of aromatic nitrogens is 1. The van der Waals surface area contributed by atoms with Crippen LogP contribution in [-0.2, 0) is 11.3 Å². The number of esters is 1. The molecule has 0 saturated heterocycles. The number of nitrogens with zero attached hydrogens (tertiary/aromatic N) is 1. The third-order valence-corrected chi connectivity index (χ3v) is 4.33. The van der Waals surface area contributed by atoms with Crippen molar-refractivity contribution < 1.29 is 14.6 Å². The lowest BCUT2D eigenvalue weighted by Crippen LogP contribution is -2.09. The van der Waals surface area contributed by atoms with Crippen molar-refractivity contribution in [2.45, 2.75) is 34.2 Å². The second-order valence-corrected chi connectivity index (χ2v) is 6.52. The van der Waals surface area contributed by atoms with Crippen molar-refractivity contribution in [1.82, 2.24) is 4.57 Å². The summed E-state index contributed by atoms with van der Waals surface area (Å²) in [5.74, 6) is 0.282. The number of phenolic OH excluding ortho intramolecular Hbond substituents is 1. The predicted molar refractivity (Wildman–Crippen MR) is 96.6 cm³/mol. The maximum atomic E-state index is 12.5. The zero-order valence-corrected chi connectivity index (χ0v) is 14.6. The number of ether oxygens (including phenoxy) is 1. The lowest BCUT2D eigenvalue weighted by molar-refractivity contribution is 0.0527. The van der Waals surface area contributed by atoms with Gasteiger partial charge in [-0.2, -0.15) is 0 Å². The summed E-state index contributed by atoms with van der Waals surface area (Å²) < 4.78 is 7.43. The molecule has 3 rings (SSSR count). The van der Waals surface area contributed by atoms with E-state index in [1.54, 1.807) is 13.0 Å². The van der Waals surface area contributed by atoms with Crippen LogP contribution < -0.4 is 0 Å². The van der Waals surface area contributed by atoms with Crippen molar-refractivity contribution >= 4 is 27.6 Å². The summed E-state index contributed by atoms with van der Waals surface area (Å²) in [6.07, 6.45) is 0. The summed E-state index contributed by atoms with van der Waals surface area (Å²) >= 11 is 0. The van der Waals surface area contributed by atoms with Crippen molar-refractivity contribution in [2.24, 2.45) is 5.92 Å². The highest BCUT2D eigenvalue weighted by atomic mass is 16.5. The zero-order valence-electron chi connectivity index (χ0n) is 14.6. The molecule has 2 aromatic carbocycles. The second kappa shape index (κ2) is 6.19. The Labute approximate surface area is 141 Å². The van der Waals surface area contributed by atoms with E-state index in [0.717, 1.165) is 33.9 Å². The average Bonchev–Trinajstić information content (AvgIpc) is 2.79. The Bertz CT molecular complexity index is 922. The largest absolute Gasteiger partial charge is 0.507 e. The first-order valence-corrected chi connectivity index (χ1v) is 8.36. The zero-order chi connectivity index (χ0) is 17.4. The number of benzene rings is 2. The monoisotopic (exact) mass is 325 g/mol. The third-order valence-electron chi connectivity index (χ3n) is 4.33. The highest BCUT2D eigenvalue weighted by molar-refractivity contribution is 6.16. The van der Waals surface area contributed by atoms with Crippen LogP contribution >= 0.6 is 0 Å². The van der Waals surface area contributed by atoms with Crippen LogP contribution in [-0.4, -0.2) is 22.2 Å². The number of rotatable bonds is 4. The van der Waals surface area contributed by atoms with Gasteiger partial charge in [0.05, 0.1) is 17.7 Å². The van der Waals surface area contributed by atoms with Crippen molar-refractivity contribution in [3.8, 4) is 5.75 Å². The summed E-state index contributed by atoms with van der Waals surface area (Å²) in [6.45, 7) is 9.18. The van der Waals surface area contributed by atoms with Gasteiger partial charge in [-0.05, 0) is 25.8 Å². The highest BCUT2D eigenvalue weighted by Gasteiger charge is 2.23. The summed E-state index contributed by atoms with van der Waals surface area (Å²) in [5, 5.41) is 12.9. The van der Waals surface area contributed by atoms with Crippen LogP contribution in [0.15, 0.2) is 30.3 Å². The minimum absolute atomic E-state index is 0.186. The van der Waals surface area contributed by atoms with Gasteiger partial charge in [-0.15, -0.1) is 0 Å². The average molecular weight is 325 g/mol. The van der Waals surface area contributed by atoms with Crippen molar-refractivity contribution in [3.63, 3.8) is 0 Å². The van der Waals surface area contributed by atoms with Gasteiger partial charge in [0.2, 0.25) is 0 Å². The maximum Gasteiger partial charge on any atom is 0.340 e. The van der Waals surface area contributed by atoms with Gasteiger partial charge in [-0.3, -0.25) is 0 Å². The molecule has 126 valence electrons. The maximum absolute atomic E-state index is 12.5. The van der Waals surface area contributed by atoms with E-state index in [4.69, 9.17) is 4.74 Å². The first-order chi connectivity index (χ1) is 11.5. The Morgan fingerprint density at radius 3 is 2.50 bits per heavy atom. The van der Waals surface area contributed by atoms with Crippen LogP contribution in [0.3, 0.4) is 0 Å². The molecule has 0 atom stereocenters. The lowest BCUT2D eigenvalue weighted by atomic mass is 10.0. The van der Waals surface area contributed by atoms with Gasteiger partial charge >= 0.3 is 5.97 Å². The first-order valence-electron chi connectivity index (χ1n) is 8.36. The summed E-state index contributed by atoms with van der Waals surface area (Å²) in [4.78, 5) is 12.5. The van der Waals surface area contributed by atoms with Gasteiger partial charge in [0.1, 0.15) is 5.75 Å². The van der Waals surface area contributed by atoms with Gasteiger partial charge in [0.15, 0.2) is 0 Å². The molecule has 0 amide bonds. The van der Waals surface area contributed by atoms with E-state index >= 15 is 0 Å². The molecule has 1 N–H and O–H groups in total. The fraction of sp³-hybridized carbons (Fsp3) is 0.350. The summed E-state index contributed by atoms with van der Waals surface area (Å²) in [6, 6.07) is 9.43. The molecule has 3 aromatic rings. The number of aromatic hydroxyl groups is 1. The van der Waals surface area contributed by atoms with E-state index in [1.165, 1.54) is 0 Å². The lowest BCUT2D eigenvalue weighted by Gasteiger charge is -2.13. The molecule has 0 bridgehead atoms. The number of hydrogen-bond acceptors (Lipinski definition) is 3. The third kappa shape index (κ3) is 2.52. The normalized spacial score (nSPS) is 11.5. The van der Waals surface area contributed by atoms with Crippen LogP contribution in [0.2, 0.25) is 0 Å². The van der Waals surface area contributed by atoms with Gasteiger partial charge < -0.3 is 14.4 Å². The van der Waals surface area contributed by atoms with E-state index in [0.29, 0.717) is 18.1 Å². The topological polar surface area (TPSA) is 51.5 Å². The standard InChI is InChI=1S/C20H23NO3/c1-5-24-20(23)18-13(4)21(11-12(2)3)19-15-9-7-6-8-14(15)17(22)10-16(18)19/h6-10,12,22H,5,11H2,1-4H3. The van der Waals surface area contributed by atoms with Crippen molar-refractivity contribution in [2.75, 3.05) is 6.61 Å². The molecule has 0 aliphatic carbocycles. The van der Waals surface area contributed by atoms with Gasteiger partial charge in [-0.1, -0.05) is 38.1 Å². The van der Waals surface area contributed by atoms with Crippen LogP contribution in [0.5, 0.6) is 5.75 Å². The Kier molecular flexibility index (Phi) is 4.22. The van der Waals surface area contributed by atoms with Crippen molar-refractivity contribution in [1.29, 1.82) is 0 Å². The summed E-state index contributed by atoms with van der Waals surface area (Å²) in [7, 11) is 0. The molecule has 0 unspecified atom stereocenters. The molecule has 1 heterocycles. The highest BCUT2D eigenvalue weighted by Crippen LogP contribution is 2.37. The van der Waals surface area contributed by atoms with Crippen LogP contribution in [0, 0.1) is 12.8 Å². The smallest absolute Gasteiger partial charge is 0.340 e. The molecular weight excluding hydrogens is 302 g/mol. The quantitative estimate of drug-likeness (QED) is 0.711. The minimum Gasteiger partial charge on any atom is -0.507 e. The van der Waals surface area contributed by atoms with Crippen molar-refractivity contribution in [3.05, 3.63) is 41.6 Å². The molecular formula is C20H23NO3.